The summed E-state index contributed by atoms with van der Waals surface area (Å²) in [6.07, 6.45) is 1.01. The van der Waals surface area contributed by atoms with Crippen molar-refractivity contribution in [2.24, 2.45) is 0 Å². The Bertz CT molecular complexity index is 685. The molecule has 1 aromatic rings. The summed E-state index contributed by atoms with van der Waals surface area (Å²) < 4.78 is 14.8. The Morgan fingerprint density at radius 3 is 2.54 bits per heavy atom. The second-order valence-electron chi connectivity index (χ2n) is 8.07. The Morgan fingerprint density at radius 2 is 1.86 bits per heavy atom. The van der Waals surface area contributed by atoms with Gasteiger partial charge < -0.3 is 20.0 Å². The Hall–Kier alpha value is -1.70. The zero-order valence-electron chi connectivity index (χ0n) is 16.9. The lowest BCUT2D eigenvalue weighted by Gasteiger charge is -2.35. The Labute approximate surface area is 167 Å². The second-order valence-corrected chi connectivity index (χ2v) is 8.07. The third-order valence-electron chi connectivity index (χ3n) is 6.47. The van der Waals surface area contributed by atoms with Crippen molar-refractivity contribution >= 4 is 11.6 Å². The topological polar surface area (TPSA) is 42.1 Å². The van der Waals surface area contributed by atoms with E-state index in [1.165, 1.54) is 6.07 Å². The summed E-state index contributed by atoms with van der Waals surface area (Å²) in [6.45, 7) is 12.4. The smallest absolute Gasteiger partial charge is 0.254 e. The van der Waals surface area contributed by atoms with Gasteiger partial charge in [-0.25, -0.2) is 4.39 Å². The van der Waals surface area contributed by atoms with Crippen LogP contribution in [-0.2, 0) is 0 Å². The Kier molecular flexibility index (Phi) is 6.13. The van der Waals surface area contributed by atoms with Gasteiger partial charge in [0.15, 0.2) is 0 Å². The molecule has 0 radical (unpaired) electrons. The maximum Gasteiger partial charge on any atom is 0.254 e. The first-order chi connectivity index (χ1) is 13.7. The van der Waals surface area contributed by atoms with E-state index in [0.717, 1.165) is 78.4 Å². The maximum atomic E-state index is 14.8. The number of hydrogen-bond donors (Lipinski definition) is 1. The molecular formula is C21H32FN5O. The third-order valence-corrected chi connectivity index (χ3v) is 6.47. The molecule has 1 amide bonds. The number of hydrogen-bond acceptors (Lipinski definition) is 5. The van der Waals surface area contributed by atoms with Crippen LogP contribution < -0.4 is 10.2 Å². The van der Waals surface area contributed by atoms with E-state index in [9.17, 15) is 9.18 Å². The fraction of sp³-hybridized carbons (Fsp3) is 0.667. The summed E-state index contributed by atoms with van der Waals surface area (Å²) >= 11 is 0. The molecule has 3 aliphatic heterocycles. The number of nitrogens with one attached hydrogen (secondary N) is 1. The van der Waals surface area contributed by atoms with E-state index in [2.05, 4.69) is 26.9 Å². The van der Waals surface area contributed by atoms with Crippen LogP contribution in [-0.4, -0.2) is 98.6 Å². The first-order valence-electron chi connectivity index (χ1n) is 10.7. The highest BCUT2D eigenvalue weighted by atomic mass is 19.1. The fourth-order valence-electron chi connectivity index (χ4n) is 4.66. The predicted octanol–water partition coefficient (Wildman–Crippen LogP) is 1.09. The van der Waals surface area contributed by atoms with Gasteiger partial charge in [-0.3, -0.25) is 9.69 Å². The van der Waals surface area contributed by atoms with Crippen molar-refractivity contribution in [1.82, 2.24) is 20.0 Å². The average molecular weight is 390 g/mol. The van der Waals surface area contributed by atoms with Crippen LogP contribution in [0.25, 0.3) is 0 Å². The number of carbonyl (C=O) groups is 1. The molecule has 28 heavy (non-hydrogen) atoms. The lowest BCUT2D eigenvalue weighted by Crippen LogP contribution is -2.49. The number of amides is 1. The monoisotopic (exact) mass is 389 g/mol. The molecule has 154 valence electrons. The highest BCUT2D eigenvalue weighted by Gasteiger charge is 2.31. The molecule has 0 spiro atoms. The molecule has 6 nitrogen and oxygen atoms in total. The van der Waals surface area contributed by atoms with Crippen molar-refractivity contribution < 1.29 is 9.18 Å². The van der Waals surface area contributed by atoms with Crippen LogP contribution in [0.2, 0.25) is 0 Å². The van der Waals surface area contributed by atoms with Crippen LogP contribution >= 0.6 is 0 Å². The van der Waals surface area contributed by atoms with E-state index in [1.54, 1.807) is 12.1 Å². The van der Waals surface area contributed by atoms with E-state index in [4.69, 9.17) is 0 Å². The van der Waals surface area contributed by atoms with Gasteiger partial charge in [0.1, 0.15) is 5.82 Å². The minimum Gasteiger partial charge on any atom is -0.367 e. The van der Waals surface area contributed by atoms with Crippen molar-refractivity contribution in [2.45, 2.75) is 19.4 Å². The molecule has 3 aliphatic rings. The van der Waals surface area contributed by atoms with Crippen molar-refractivity contribution in [2.75, 3.05) is 76.9 Å². The second kappa shape index (κ2) is 8.76. The number of piperazine rings is 2. The van der Waals surface area contributed by atoms with Crippen molar-refractivity contribution in [3.05, 3.63) is 29.6 Å². The standard InChI is InChI=1S/C21H32FN5O/c1-2-24-11-13-26(14-12-24)20-4-3-17(15-19(20)22)21(28)27-8-5-18(16-27)25-9-6-23-7-10-25/h3-4,15,18,23H,2,5-14,16H2,1H3. The van der Waals surface area contributed by atoms with Gasteiger partial charge >= 0.3 is 0 Å². The van der Waals surface area contributed by atoms with Crippen LogP contribution in [0, 0.1) is 5.82 Å². The molecule has 4 rings (SSSR count). The van der Waals surface area contributed by atoms with Gasteiger partial charge in [-0.05, 0) is 31.2 Å². The minimum absolute atomic E-state index is 0.0427. The summed E-state index contributed by atoms with van der Waals surface area (Å²) in [4.78, 5) is 21.7. The molecular weight excluding hydrogens is 357 g/mol. The van der Waals surface area contributed by atoms with E-state index < -0.39 is 0 Å². The fourth-order valence-corrected chi connectivity index (χ4v) is 4.66. The number of nitrogens with zero attached hydrogens (tertiary/aromatic N) is 4. The Morgan fingerprint density at radius 1 is 1.11 bits per heavy atom. The number of anilines is 1. The lowest BCUT2D eigenvalue weighted by molar-refractivity contribution is 0.0773. The van der Waals surface area contributed by atoms with Crippen molar-refractivity contribution in [1.29, 1.82) is 0 Å². The minimum atomic E-state index is -0.284. The zero-order valence-corrected chi connectivity index (χ0v) is 16.9. The number of rotatable bonds is 4. The largest absolute Gasteiger partial charge is 0.367 e. The molecule has 1 aromatic carbocycles. The van der Waals surface area contributed by atoms with E-state index in [0.29, 0.717) is 17.3 Å². The highest BCUT2D eigenvalue weighted by molar-refractivity contribution is 5.94. The summed E-state index contributed by atoms with van der Waals surface area (Å²) in [5.74, 6) is -0.326. The van der Waals surface area contributed by atoms with Gasteiger partial charge in [0.25, 0.3) is 5.91 Å². The quantitative estimate of drug-likeness (QED) is 0.835. The summed E-state index contributed by atoms with van der Waals surface area (Å²) in [6, 6.07) is 5.45. The molecule has 3 fully saturated rings. The number of benzene rings is 1. The maximum absolute atomic E-state index is 14.8. The first kappa shape index (κ1) is 19.6. The van der Waals surface area contributed by atoms with Gasteiger partial charge in [0.05, 0.1) is 5.69 Å². The van der Waals surface area contributed by atoms with Crippen LogP contribution in [0.4, 0.5) is 10.1 Å². The van der Waals surface area contributed by atoms with Gasteiger partial charge in [-0.15, -0.1) is 0 Å². The van der Waals surface area contributed by atoms with Gasteiger partial charge in [0, 0.05) is 77.1 Å². The molecule has 1 N–H and O–H groups in total. The molecule has 7 heteroatoms. The van der Waals surface area contributed by atoms with Crippen LogP contribution in [0.5, 0.6) is 0 Å². The summed E-state index contributed by atoms with van der Waals surface area (Å²) in [5, 5.41) is 3.37. The van der Waals surface area contributed by atoms with E-state index >= 15 is 0 Å². The number of likely N-dealkylation sites (tertiary alicyclic amines) is 1. The normalized spacial score (nSPS) is 24.7. The predicted molar refractivity (Wildman–Crippen MR) is 109 cm³/mol. The molecule has 1 atom stereocenters. The van der Waals surface area contributed by atoms with Gasteiger partial charge in [0.2, 0.25) is 0 Å². The van der Waals surface area contributed by atoms with Gasteiger partial charge in [-0.2, -0.15) is 0 Å². The van der Waals surface area contributed by atoms with Gasteiger partial charge in [-0.1, -0.05) is 6.92 Å². The number of halogens is 1. The summed E-state index contributed by atoms with van der Waals surface area (Å²) in [7, 11) is 0. The van der Waals surface area contributed by atoms with Crippen LogP contribution in [0.15, 0.2) is 18.2 Å². The molecule has 0 saturated carbocycles. The number of carbonyl (C=O) groups excluding carboxylic acids is 1. The molecule has 3 heterocycles. The highest BCUT2D eigenvalue weighted by Crippen LogP contribution is 2.24. The summed E-state index contributed by atoms with van der Waals surface area (Å²) in [5.41, 5.74) is 1.09. The molecule has 0 bridgehead atoms. The van der Waals surface area contributed by atoms with E-state index in [-0.39, 0.29) is 11.7 Å². The van der Waals surface area contributed by atoms with Crippen LogP contribution in [0.3, 0.4) is 0 Å². The van der Waals surface area contributed by atoms with Crippen molar-refractivity contribution in [3.8, 4) is 0 Å². The first-order valence-corrected chi connectivity index (χ1v) is 10.7. The SMILES string of the molecule is CCN1CCN(c2ccc(C(=O)N3CCC(N4CCNCC4)C3)cc2F)CC1. The van der Waals surface area contributed by atoms with Crippen LogP contribution in [0.1, 0.15) is 23.7 Å². The van der Waals surface area contributed by atoms with E-state index in [1.807, 2.05) is 4.90 Å². The zero-order chi connectivity index (χ0) is 19.5. The lowest BCUT2D eigenvalue weighted by atomic mass is 10.1. The molecule has 0 aliphatic carbocycles. The molecule has 3 saturated heterocycles. The number of likely N-dealkylation sites (N-methyl/N-ethyl adjacent to an activating group) is 1. The molecule has 0 aromatic heterocycles. The third kappa shape index (κ3) is 4.16. The average Bonchev–Trinajstić information content (AvgIpc) is 3.24. The Balaban J connectivity index is 1.38. The molecule has 1 unspecified atom stereocenters. The van der Waals surface area contributed by atoms with Crippen molar-refractivity contribution in [3.63, 3.8) is 0 Å².